The van der Waals surface area contributed by atoms with E-state index in [1.807, 2.05) is 0 Å². The summed E-state index contributed by atoms with van der Waals surface area (Å²) in [6.07, 6.45) is 2.52. The molecule has 1 aromatic rings. The van der Waals surface area contributed by atoms with Crippen LogP contribution in [0.25, 0.3) is 0 Å². The lowest BCUT2D eigenvalue weighted by molar-refractivity contribution is 0.0787. The van der Waals surface area contributed by atoms with E-state index in [0.717, 1.165) is 31.2 Å². The van der Waals surface area contributed by atoms with Crippen molar-refractivity contribution in [1.29, 1.82) is 0 Å². The fourth-order valence-electron chi connectivity index (χ4n) is 2.57. The number of benzene rings is 1. The molecular formula is C13H18N2O3. The van der Waals surface area contributed by atoms with Crippen LogP contribution in [0.15, 0.2) is 18.2 Å². The maximum atomic E-state index is 10.7. The summed E-state index contributed by atoms with van der Waals surface area (Å²) in [6, 6.07) is 5.02. The maximum absolute atomic E-state index is 10.7. The van der Waals surface area contributed by atoms with Gasteiger partial charge in [-0.1, -0.05) is 0 Å². The van der Waals surface area contributed by atoms with E-state index >= 15 is 0 Å². The van der Waals surface area contributed by atoms with Crippen molar-refractivity contribution in [2.24, 2.45) is 5.73 Å². The molecule has 1 amide bonds. The highest BCUT2D eigenvalue weighted by molar-refractivity contribution is 5.64. The van der Waals surface area contributed by atoms with Gasteiger partial charge >= 0.3 is 6.09 Å². The molecule has 2 rings (SSSR count). The van der Waals surface area contributed by atoms with E-state index in [2.05, 4.69) is 0 Å². The number of primary amides is 1. The average molecular weight is 250 g/mol. The second-order valence-electron chi connectivity index (χ2n) is 4.72. The topological polar surface area (TPSA) is 98.6 Å². The van der Waals surface area contributed by atoms with Crippen molar-refractivity contribution >= 4 is 11.8 Å². The Morgan fingerprint density at radius 1 is 1.28 bits per heavy atom. The molecule has 0 unspecified atom stereocenters. The van der Waals surface area contributed by atoms with E-state index in [1.54, 1.807) is 18.2 Å². The Bertz CT molecular complexity index is 440. The number of hydrogen-bond donors (Lipinski definition) is 3. The van der Waals surface area contributed by atoms with Crippen LogP contribution in [0.3, 0.4) is 0 Å². The molecule has 1 fully saturated rings. The van der Waals surface area contributed by atoms with Crippen molar-refractivity contribution < 1.29 is 14.6 Å². The molecule has 0 heterocycles. The fraction of sp³-hybridized carbons (Fsp3) is 0.462. The third-order valence-electron chi connectivity index (χ3n) is 3.47. The third-order valence-corrected chi connectivity index (χ3v) is 3.47. The van der Waals surface area contributed by atoms with Crippen LogP contribution < -0.4 is 11.5 Å². The lowest BCUT2D eigenvalue weighted by Crippen LogP contribution is -2.26. The van der Waals surface area contributed by atoms with Crippen LogP contribution in [-0.2, 0) is 4.74 Å². The van der Waals surface area contributed by atoms with Crippen LogP contribution in [0, 0.1) is 0 Å². The number of carbonyl (C=O) groups is 1. The summed E-state index contributed by atoms with van der Waals surface area (Å²) in [4.78, 5) is 10.7. The van der Waals surface area contributed by atoms with Gasteiger partial charge in [0.25, 0.3) is 0 Å². The van der Waals surface area contributed by atoms with Crippen molar-refractivity contribution in [3.05, 3.63) is 23.8 Å². The minimum atomic E-state index is -0.713. The molecular weight excluding hydrogens is 232 g/mol. The van der Waals surface area contributed by atoms with Crippen molar-refractivity contribution in [2.75, 3.05) is 5.73 Å². The second-order valence-corrected chi connectivity index (χ2v) is 4.72. The molecule has 0 spiro atoms. The number of aromatic hydroxyl groups is 1. The van der Waals surface area contributed by atoms with E-state index in [9.17, 15) is 9.90 Å². The van der Waals surface area contributed by atoms with Crippen LogP contribution in [0.1, 0.15) is 37.2 Å². The van der Waals surface area contributed by atoms with Gasteiger partial charge in [-0.15, -0.1) is 0 Å². The predicted molar refractivity (Wildman–Crippen MR) is 68.2 cm³/mol. The Balaban J connectivity index is 2.01. The SMILES string of the molecule is NC(=O)OC1CCC(c2cc(O)ccc2N)CC1. The summed E-state index contributed by atoms with van der Waals surface area (Å²) < 4.78 is 4.99. The van der Waals surface area contributed by atoms with Crippen LogP contribution in [-0.4, -0.2) is 17.3 Å². The van der Waals surface area contributed by atoms with Crippen molar-refractivity contribution in [3.8, 4) is 5.75 Å². The molecule has 1 saturated carbocycles. The standard InChI is InChI=1S/C13H18N2O3/c14-12-6-3-9(16)7-11(12)8-1-4-10(5-2-8)18-13(15)17/h3,6-8,10,16H,1-2,4-5,14H2,(H2,15,17). The number of carbonyl (C=O) groups excluding carboxylic acids is 1. The summed E-state index contributed by atoms with van der Waals surface area (Å²) in [5.74, 6) is 0.541. The second kappa shape index (κ2) is 5.16. The number of nitrogen functional groups attached to an aromatic ring is 1. The quantitative estimate of drug-likeness (QED) is 0.553. The normalized spacial score (nSPS) is 23.6. The lowest BCUT2D eigenvalue weighted by Gasteiger charge is -2.28. The molecule has 0 atom stereocenters. The van der Waals surface area contributed by atoms with Gasteiger partial charge in [0, 0.05) is 5.69 Å². The number of nitrogens with two attached hydrogens (primary N) is 2. The molecule has 98 valence electrons. The van der Waals surface area contributed by atoms with Gasteiger partial charge in [0.15, 0.2) is 0 Å². The van der Waals surface area contributed by atoms with Crippen LogP contribution in [0.2, 0.25) is 0 Å². The zero-order valence-electron chi connectivity index (χ0n) is 10.1. The smallest absolute Gasteiger partial charge is 0.404 e. The Hall–Kier alpha value is -1.91. The number of ether oxygens (including phenoxy) is 1. The van der Waals surface area contributed by atoms with Gasteiger partial charge in [-0.3, -0.25) is 0 Å². The third kappa shape index (κ3) is 2.85. The average Bonchev–Trinajstić information content (AvgIpc) is 2.33. The highest BCUT2D eigenvalue weighted by atomic mass is 16.6. The number of hydrogen-bond acceptors (Lipinski definition) is 4. The first kappa shape index (κ1) is 12.5. The Morgan fingerprint density at radius 3 is 2.56 bits per heavy atom. The molecule has 1 aliphatic carbocycles. The highest BCUT2D eigenvalue weighted by Gasteiger charge is 2.25. The largest absolute Gasteiger partial charge is 0.508 e. The molecule has 0 radical (unpaired) electrons. The Kier molecular flexibility index (Phi) is 3.60. The van der Waals surface area contributed by atoms with Crippen LogP contribution in [0.4, 0.5) is 10.5 Å². The number of phenols is 1. The van der Waals surface area contributed by atoms with E-state index in [1.165, 1.54) is 0 Å². The number of anilines is 1. The van der Waals surface area contributed by atoms with Gasteiger partial charge in [-0.05, 0) is 55.4 Å². The molecule has 1 aliphatic rings. The monoisotopic (exact) mass is 250 g/mol. The van der Waals surface area contributed by atoms with E-state index in [4.69, 9.17) is 16.2 Å². The molecule has 0 bridgehead atoms. The van der Waals surface area contributed by atoms with E-state index < -0.39 is 6.09 Å². The zero-order chi connectivity index (χ0) is 13.1. The summed E-state index contributed by atoms with van der Waals surface area (Å²) >= 11 is 0. The van der Waals surface area contributed by atoms with E-state index in [0.29, 0.717) is 11.6 Å². The molecule has 0 aliphatic heterocycles. The van der Waals surface area contributed by atoms with Gasteiger partial charge in [0.05, 0.1) is 0 Å². The lowest BCUT2D eigenvalue weighted by atomic mass is 9.82. The summed E-state index contributed by atoms with van der Waals surface area (Å²) in [7, 11) is 0. The first-order valence-corrected chi connectivity index (χ1v) is 6.10. The minimum Gasteiger partial charge on any atom is -0.508 e. The van der Waals surface area contributed by atoms with Gasteiger partial charge in [-0.25, -0.2) is 4.79 Å². The molecule has 5 heteroatoms. The van der Waals surface area contributed by atoms with Crippen LogP contribution in [0.5, 0.6) is 5.75 Å². The first-order chi connectivity index (χ1) is 8.56. The van der Waals surface area contributed by atoms with Gasteiger partial charge < -0.3 is 21.3 Å². The highest BCUT2D eigenvalue weighted by Crippen LogP contribution is 2.37. The molecule has 1 aromatic carbocycles. The molecule has 5 nitrogen and oxygen atoms in total. The molecule has 5 N–H and O–H groups in total. The molecule has 0 aromatic heterocycles. The van der Waals surface area contributed by atoms with Crippen molar-refractivity contribution in [1.82, 2.24) is 0 Å². The van der Waals surface area contributed by atoms with Crippen LogP contribution >= 0.6 is 0 Å². The van der Waals surface area contributed by atoms with Gasteiger partial charge in [0.2, 0.25) is 0 Å². The summed E-state index contributed by atoms with van der Waals surface area (Å²) in [5.41, 5.74) is 12.6. The first-order valence-electron chi connectivity index (χ1n) is 6.10. The Labute approximate surface area is 106 Å². The number of rotatable bonds is 2. The fourth-order valence-corrected chi connectivity index (χ4v) is 2.57. The predicted octanol–water partition coefficient (Wildman–Crippen LogP) is 2.10. The molecule has 18 heavy (non-hydrogen) atoms. The summed E-state index contributed by atoms with van der Waals surface area (Å²) in [6.45, 7) is 0. The van der Waals surface area contributed by atoms with Gasteiger partial charge in [0.1, 0.15) is 11.9 Å². The Morgan fingerprint density at radius 2 is 1.94 bits per heavy atom. The minimum absolute atomic E-state index is 0.0858. The number of phenolic OH excluding ortho intramolecular Hbond substituents is 1. The molecule has 0 saturated heterocycles. The van der Waals surface area contributed by atoms with Crippen molar-refractivity contribution in [3.63, 3.8) is 0 Å². The van der Waals surface area contributed by atoms with Gasteiger partial charge in [-0.2, -0.15) is 0 Å². The number of amides is 1. The zero-order valence-corrected chi connectivity index (χ0v) is 10.1. The van der Waals surface area contributed by atoms with E-state index in [-0.39, 0.29) is 11.9 Å². The summed E-state index contributed by atoms with van der Waals surface area (Å²) in [5, 5.41) is 9.50. The van der Waals surface area contributed by atoms with Crippen molar-refractivity contribution in [2.45, 2.75) is 37.7 Å². The maximum Gasteiger partial charge on any atom is 0.404 e.